The standard InChI is InChI=1S/C10H11N3/c1-8-12-6-4-10(13-8)9-3-2-5-11-7-9/h2,4-7,9H,3H2,1H3. The minimum Gasteiger partial charge on any atom is -0.269 e. The Hall–Kier alpha value is -1.51. The summed E-state index contributed by atoms with van der Waals surface area (Å²) in [6.07, 6.45) is 8.60. The molecule has 0 N–H and O–H groups in total. The number of aryl methyl sites for hydroxylation is 1. The number of aliphatic imine (C=N–C) groups is 1. The van der Waals surface area contributed by atoms with Crippen LogP contribution in [0.5, 0.6) is 0 Å². The van der Waals surface area contributed by atoms with Gasteiger partial charge in [-0.2, -0.15) is 0 Å². The molecule has 0 saturated carbocycles. The summed E-state index contributed by atoms with van der Waals surface area (Å²) in [7, 11) is 0. The van der Waals surface area contributed by atoms with E-state index in [1.165, 1.54) is 0 Å². The van der Waals surface area contributed by atoms with Crippen molar-refractivity contribution in [2.45, 2.75) is 19.3 Å². The van der Waals surface area contributed by atoms with Crippen LogP contribution in [0.2, 0.25) is 0 Å². The van der Waals surface area contributed by atoms with Gasteiger partial charge < -0.3 is 0 Å². The highest BCUT2D eigenvalue weighted by Gasteiger charge is 2.10. The van der Waals surface area contributed by atoms with E-state index in [-0.39, 0.29) is 0 Å². The summed E-state index contributed by atoms with van der Waals surface area (Å²) in [5.74, 6) is 1.15. The summed E-state index contributed by atoms with van der Waals surface area (Å²) in [5, 5.41) is 0. The number of hydrogen-bond donors (Lipinski definition) is 0. The zero-order valence-corrected chi connectivity index (χ0v) is 7.51. The fraction of sp³-hybridized carbons (Fsp3) is 0.300. The molecule has 0 aromatic carbocycles. The fourth-order valence-corrected chi connectivity index (χ4v) is 1.36. The van der Waals surface area contributed by atoms with Crippen LogP contribution in [0, 0.1) is 6.92 Å². The predicted octanol–water partition coefficient (Wildman–Crippen LogP) is 1.86. The van der Waals surface area contributed by atoms with Gasteiger partial charge in [-0.05, 0) is 19.4 Å². The number of nitrogens with zero attached hydrogens (tertiary/aromatic N) is 3. The van der Waals surface area contributed by atoms with Crippen LogP contribution in [-0.2, 0) is 0 Å². The van der Waals surface area contributed by atoms with Crippen LogP contribution in [0.4, 0.5) is 0 Å². The van der Waals surface area contributed by atoms with Gasteiger partial charge in [0.2, 0.25) is 0 Å². The quantitative estimate of drug-likeness (QED) is 0.650. The van der Waals surface area contributed by atoms with Crippen molar-refractivity contribution in [2.75, 3.05) is 0 Å². The summed E-state index contributed by atoms with van der Waals surface area (Å²) in [6.45, 7) is 1.90. The second-order valence-corrected chi connectivity index (χ2v) is 3.05. The third-order valence-electron chi connectivity index (χ3n) is 2.02. The average molecular weight is 173 g/mol. The topological polar surface area (TPSA) is 38.1 Å². The molecule has 2 heterocycles. The predicted molar refractivity (Wildman–Crippen MR) is 51.8 cm³/mol. The molecule has 1 unspecified atom stereocenters. The van der Waals surface area contributed by atoms with Gasteiger partial charge in [0.05, 0.1) is 5.69 Å². The number of aromatic nitrogens is 2. The van der Waals surface area contributed by atoms with Gasteiger partial charge in [0.25, 0.3) is 0 Å². The van der Waals surface area contributed by atoms with Crippen LogP contribution in [-0.4, -0.2) is 16.2 Å². The molecule has 1 aromatic rings. The molecule has 13 heavy (non-hydrogen) atoms. The first kappa shape index (κ1) is 8.10. The number of rotatable bonds is 1. The van der Waals surface area contributed by atoms with Crippen molar-refractivity contribution in [3.8, 4) is 0 Å². The second kappa shape index (κ2) is 3.47. The Balaban J connectivity index is 2.25. The van der Waals surface area contributed by atoms with E-state index < -0.39 is 0 Å². The van der Waals surface area contributed by atoms with Gasteiger partial charge in [-0.15, -0.1) is 0 Å². The van der Waals surface area contributed by atoms with Crippen LogP contribution in [0.1, 0.15) is 23.9 Å². The van der Waals surface area contributed by atoms with Gasteiger partial charge in [-0.1, -0.05) is 6.08 Å². The maximum atomic E-state index is 4.36. The largest absolute Gasteiger partial charge is 0.269 e. The molecule has 3 heteroatoms. The van der Waals surface area contributed by atoms with E-state index in [1.807, 2.05) is 25.4 Å². The third kappa shape index (κ3) is 1.80. The van der Waals surface area contributed by atoms with Crippen LogP contribution in [0.25, 0.3) is 0 Å². The lowest BCUT2D eigenvalue weighted by Gasteiger charge is -2.10. The molecule has 0 radical (unpaired) electrons. The second-order valence-electron chi connectivity index (χ2n) is 3.05. The first-order valence-corrected chi connectivity index (χ1v) is 4.34. The average Bonchev–Trinajstić information content (AvgIpc) is 2.19. The van der Waals surface area contributed by atoms with E-state index in [1.54, 1.807) is 6.20 Å². The Morgan fingerprint density at radius 1 is 1.46 bits per heavy atom. The van der Waals surface area contributed by atoms with E-state index in [0.29, 0.717) is 5.92 Å². The van der Waals surface area contributed by atoms with Crippen molar-refractivity contribution in [1.29, 1.82) is 0 Å². The van der Waals surface area contributed by atoms with Crippen molar-refractivity contribution >= 4 is 6.21 Å². The van der Waals surface area contributed by atoms with Gasteiger partial charge in [0.1, 0.15) is 5.82 Å². The summed E-state index contributed by atoms with van der Waals surface area (Å²) in [6, 6.07) is 1.95. The highest BCUT2D eigenvalue weighted by atomic mass is 14.9. The normalized spacial score (nSPS) is 20.5. The minimum atomic E-state index is 0.326. The molecule has 3 nitrogen and oxygen atoms in total. The lowest BCUT2D eigenvalue weighted by Crippen LogP contribution is -2.05. The zero-order valence-electron chi connectivity index (χ0n) is 7.51. The number of allylic oxidation sites excluding steroid dienone is 1. The lowest BCUT2D eigenvalue weighted by molar-refractivity contribution is 0.840. The van der Waals surface area contributed by atoms with E-state index >= 15 is 0 Å². The van der Waals surface area contributed by atoms with Crippen molar-refractivity contribution < 1.29 is 0 Å². The highest BCUT2D eigenvalue weighted by Crippen LogP contribution is 2.18. The molecule has 0 amide bonds. The van der Waals surface area contributed by atoms with E-state index in [4.69, 9.17) is 0 Å². The molecule has 1 aliphatic heterocycles. The van der Waals surface area contributed by atoms with Crippen molar-refractivity contribution in [3.05, 3.63) is 36.1 Å². The fourth-order valence-electron chi connectivity index (χ4n) is 1.36. The molecule has 0 aliphatic carbocycles. The zero-order chi connectivity index (χ0) is 9.10. The molecular formula is C10H11N3. The molecule has 66 valence electrons. The van der Waals surface area contributed by atoms with E-state index in [2.05, 4.69) is 21.0 Å². The van der Waals surface area contributed by atoms with Crippen molar-refractivity contribution in [1.82, 2.24) is 9.97 Å². The Morgan fingerprint density at radius 3 is 3.08 bits per heavy atom. The Bertz CT molecular complexity index is 355. The molecule has 0 spiro atoms. The lowest BCUT2D eigenvalue weighted by atomic mass is 10.0. The Kier molecular flexibility index (Phi) is 2.17. The van der Waals surface area contributed by atoms with Crippen LogP contribution < -0.4 is 0 Å². The summed E-state index contributed by atoms with van der Waals surface area (Å²) in [4.78, 5) is 12.5. The van der Waals surface area contributed by atoms with Crippen LogP contribution in [0.15, 0.2) is 29.5 Å². The monoisotopic (exact) mass is 173 g/mol. The maximum absolute atomic E-state index is 4.36. The van der Waals surface area contributed by atoms with Gasteiger partial charge in [0, 0.05) is 24.5 Å². The molecule has 1 atom stereocenters. The van der Waals surface area contributed by atoms with Crippen molar-refractivity contribution in [2.24, 2.45) is 4.99 Å². The summed E-state index contributed by atoms with van der Waals surface area (Å²) in [5.41, 5.74) is 1.06. The first-order valence-electron chi connectivity index (χ1n) is 4.34. The third-order valence-corrected chi connectivity index (χ3v) is 2.02. The summed E-state index contributed by atoms with van der Waals surface area (Å²) >= 11 is 0. The van der Waals surface area contributed by atoms with Gasteiger partial charge in [-0.25, -0.2) is 9.97 Å². The smallest absolute Gasteiger partial charge is 0.125 e. The molecule has 1 aromatic heterocycles. The molecule has 0 saturated heterocycles. The van der Waals surface area contributed by atoms with Crippen molar-refractivity contribution in [3.63, 3.8) is 0 Å². The number of hydrogen-bond acceptors (Lipinski definition) is 3. The molecule has 2 rings (SSSR count). The molecular weight excluding hydrogens is 162 g/mol. The van der Waals surface area contributed by atoms with Gasteiger partial charge in [0.15, 0.2) is 0 Å². The minimum absolute atomic E-state index is 0.326. The molecule has 1 aliphatic rings. The molecule has 0 fully saturated rings. The highest BCUT2D eigenvalue weighted by molar-refractivity contribution is 5.68. The first-order chi connectivity index (χ1) is 6.36. The Morgan fingerprint density at radius 2 is 2.38 bits per heavy atom. The van der Waals surface area contributed by atoms with Gasteiger partial charge >= 0.3 is 0 Å². The van der Waals surface area contributed by atoms with Gasteiger partial charge in [-0.3, -0.25) is 4.99 Å². The molecule has 0 bridgehead atoms. The SMILES string of the molecule is Cc1nccc(C2C=NC=CC2)n1. The van der Waals surface area contributed by atoms with Crippen LogP contribution in [0.3, 0.4) is 0 Å². The summed E-state index contributed by atoms with van der Waals surface area (Å²) < 4.78 is 0. The van der Waals surface area contributed by atoms with E-state index in [0.717, 1.165) is 17.9 Å². The van der Waals surface area contributed by atoms with E-state index in [9.17, 15) is 0 Å². The maximum Gasteiger partial charge on any atom is 0.125 e. The Labute approximate surface area is 77.3 Å². The van der Waals surface area contributed by atoms with Crippen LogP contribution >= 0.6 is 0 Å².